The molecule has 7 nitrogen and oxygen atoms in total. The van der Waals surface area contributed by atoms with Crippen LogP contribution in [0.2, 0.25) is 0 Å². The van der Waals surface area contributed by atoms with Gasteiger partial charge in [-0.3, -0.25) is 15.2 Å². The van der Waals surface area contributed by atoms with Gasteiger partial charge in [-0.05, 0) is 68.5 Å². The number of nitrogens with one attached hydrogen (secondary N) is 1. The van der Waals surface area contributed by atoms with Gasteiger partial charge in [-0.25, -0.2) is 14.8 Å². The maximum absolute atomic E-state index is 12.3. The molecule has 186 valence electrons. The van der Waals surface area contributed by atoms with Gasteiger partial charge < -0.3 is 4.74 Å². The number of pyridine rings is 1. The van der Waals surface area contributed by atoms with Crippen molar-refractivity contribution in [2.75, 3.05) is 25.0 Å². The second kappa shape index (κ2) is 10.3. The Kier molecular flexibility index (Phi) is 6.64. The molecule has 2 aromatic heterocycles. The lowest BCUT2D eigenvalue weighted by atomic mass is 9.74. The highest BCUT2D eigenvalue weighted by Gasteiger charge is 2.42. The monoisotopic (exact) mass is 483 g/mol. The van der Waals surface area contributed by atoms with Gasteiger partial charge in [0.2, 0.25) is 0 Å². The number of ether oxygens (including phenoxy) is 1. The van der Waals surface area contributed by atoms with Crippen molar-refractivity contribution >= 4 is 11.8 Å². The number of piperidine rings is 3. The zero-order valence-corrected chi connectivity index (χ0v) is 20.6. The number of rotatable bonds is 6. The summed E-state index contributed by atoms with van der Waals surface area (Å²) >= 11 is 0. The number of carbonyl (C=O) groups is 1. The van der Waals surface area contributed by atoms with Gasteiger partial charge in [0.05, 0.1) is 0 Å². The summed E-state index contributed by atoms with van der Waals surface area (Å²) in [5.41, 5.74) is 4.16. The number of anilines is 1. The molecule has 1 amide bonds. The average molecular weight is 484 g/mol. The second-order valence-electron chi connectivity index (χ2n) is 10.4. The smallest absolute Gasteiger partial charge is 0.411 e. The quantitative estimate of drug-likeness (QED) is 0.490. The van der Waals surface area contributed by atoms with E-state index in [-0.39, 0.29) is 12.1 Å². The number of carbonyl (C=O) groups excluding carboxylic acids is 1. The second-order valence-corrected chi connectivity index (χ2v) is 10.4. The number of aromatic nitrogens is 3. The van der Waals surface area contributed by atoms with Crippen molar-refractivity contribution < 1.29 is 9.53 Å². The SMILES string of the molecule is O=C(Nc1ccccc1)OC[C@H]1C[C@H]2CCN1C[C@@H]2c1cc(C2CCCC2)nc(-c2ccncc2)n1. The van der Waals surface area contributed by atoms with Crippen LogP contribution >= 0.6 is 0 Å². The number of fused-ring (bicyclic) bond motifs is 3. The van der Waals surface area contributed by atoms with Crippen LogP contribution in [0.4, 0.5) is 10.5 Å². The van der Waals surface area contributed by atoms with E-state index in [4.69, 9.17) is 14.7 Å². The van der Waals surface area contributed by atoms with Crippen molar-refractivity contribution in [1.82, 2.24) is 19.9 Å². The summed E-state index contributed by atoms with van der Waals surface area (Å²) in [5, 5.41) is 2.81. The summed E-state index contributed by atoms with van der Waals surface area (Å²) in [6.07, 6.45) is 10.4. The predicted octanol–water partition coefficient (Wildman–Crippen LogP) is 5.62. The Morgan fingerprint density at radius 1 is 1.00 bits per heavy atom. The van der Waals surface area contributed by atoms with Gasteiger partial charge in [-0.2, -0.15) is 0 Å². The normalized spacial score (nSPS) is 25.6. The summed E-state index contributed by atoms with van der Waals surface area (Å²) in [6, 6.07) is 16.0. The van der Waals surface area contributed by atoms with E-state index >= 15 is 0 Å². The molecular formula is C29H33N5O2. The highest BCUT2D eigenvalue weighted by molar-refractivity contribution is 5.84. The Labute approximate surface area is 212 Å². The number of amides is 1. The molecule has 1 aromatic carbocycles. The highest BCUT2D eigenvalue weighted by Crippen LogP contribution is 2.43. The Hall–Kier alpha value is -3.32. The van der Waals surface area contributed by atoms with Crippen molar-refractivity contribution in [3.05, 3.63) is 72.3 Å². The lowest BCUT2D eigenvalue weighted by Gasteiger charge is -2.49. The molecule has 4 aliphatic rings. The average Bonchev–Trinajstić information content (AvgIpc) is 3.48. The Morgan fingerprint density at radius 2 is 1.78 bits per heavy atom. The van der Waals surface area contributed by atoms with Gasteiger partial charge in [-0.1, -0.05) is 31.0 Å². The Balaban J connectivity index is 1.17. The summed E-state index contributed by atoms with van der Waals surface area (Å²) in [7, 11) is 0. The zero-order valence-electron chi connectivity index (χ0n) is 20.6. The van der Waals surface area contributed by atoms with Crippen molar-refractivity contribution in [2.24, 2.45) is 5.92 Å². The van der Waals surface area contributed by atoms with E-state index in [2.05, 4.69) is 21.3 Å². The van der Waals surface area contributed by atoms with Crippen molar-refractivity contribution in [3.63, 3.8) is 0 Å². The van der Waals surface area contributed by atoms with E-state index in [1.807, 2.05) is 54.9 Å². The van der Waals surface area contributed by atoms with E-state index in [1.54, 1.807) is 0 Å². The van der Waals surface area contributed by atoms with Gasteiger partial charge in [0, 0.05) is 59.5 Å². The summed E-state index contributed by atoms with van der Waals surface area (Å²) in [6.45, 7) is 2.42. The third kappa shape index (κ3) is 4.98. The van der Waals surface area contributed by atoms with Crippen LogP contribution in [0.3, 0.4) is 0 Å². The van der Waals surface area contributed by atoms with E-state index in [0.29, 0.717) is 24.4 Å². The molecule has 1 unspecified atom stereocenters. The van der Waals surface area contributed by atoms with Crippen LogP contribution in [-0.4, -0.2) is 51.7 Å². The van der Waals surface area contributed by atoms with Gasteiger partial charge in [0.15, 0.2) is 5.82 Å². The molecule has 7 rings (SSSR count). The fourth-order valence-electron chi connectivity index (χ4n) is 6.23. The first-order chi connectivity index (χ1) is 17.7. The molecule has 0 spiro atoms. The lowest BCUT2D eigenvalue weighted by molar-refractivity contribution is -0.00149. The minimum Gasteiger partial charge on any atom is -0.448 e. The van der Waals surface area contributed by atoms with Gasteiger partial charge in [0.25, 0.3) is 0 Å². The van der Waals surface area contributed by atoms with Crippen LogP contribution < -0.4 is 5.32 Å². The van der Waals surface area contributed by atoms with Crippen LogP contribution in [0.25, 0.3) is 11.4 Å². The van der Waals surface area contributed by atoms with Crippen LogP contribution in [0.1, 0.15) is 61.7 Å². The summed E-state index contributed by atoms with van der Waals surface area (Å²) < 4.78 is 5.62. The third-order valence-corrected chi connectivity index (χ3v) is 8.16. The van der Waals surface area contributed by atoms with Gasteiger partial charge in [-0.15, -0.1) is 0 Å². The number of hydrogen-bond acceptors (Lipinski definition) is 6. The molecule has 1 N–H and O–H groups in total. The minimum absolute atomic E-state index is 0.261. The maximum atomic E-state index is 12.3. The first-order valence-electron chi connectivity index (χ1n) is 13.2. The van der Waals surface area contributed by atoms with E-state index in [1.165, 1.54) is 37.1 Å². The number of benzene rings is 1. The van der Waals surface area contributed by atoms with E-state index in [0.717, 1.165) is 43.0 Å². The topological polar surface area (TPSA) is 80.2 Å². The minimum atomic E-state index is -0.389. The third-order valence-electron chi connectivity index (χ3n) is 8.16. The first kappa shape index (κ1) is 23.1. The Morgan fingerprint density at radius 3 is 2.53 bits per heavy atom. The standard InChI is InChI=1S/C29H33N5O2/c35-29(31-23-8-2-1-3-9-23)36-19-24-16-22-12-15-34(24)18-25(22)27-17-26(20-6-4-5-7-20)32-28(33-27)21-10-13-30-14-11-21/h1-3,8-11,13-14,17,20,22,24-25H,4-7,12,15-16,18-19H2,(H,31,35)/t22-,24-,25+/m1/s1. The molecule has 3 saturated heterocycles. The molecule has 36 heavy (non-hydrogen) atoms. The van der Waals surface area contributed by atoms with Crippen molar-refractivity contribution in [3.8, 4) is 11.4 Å². The molecule has 1 aliphatic carbocycles. The Bertz CT molecular complexity index is 1180. The number of nitrogens with zero attached hydrogens (tertiary/aromatic N) is 4. The molecule has 7 heteroatoms. The van der Waals surface area contributed by atoms with Crippen LogP contribution in [0, 0.1) is 5.92 Å². The first-order valence-corrected chi connectivity index (χ1v) is 13.2. The highest BCUT2D eigenvalue weighted by atomic mass is 16.5. The van der Waals surface area contributed by atoms with Crippen LogP contribution in [0.15, 0.2) is 60.9 Å². The largest absolute Gasteiger partial charge is 0.448 e. The molecule has 2 bridgehead atoms. The van der Waals surface area contributed by atoms with Gasteiger partial charge >= 0.3 is 6.09 Å². The van der Waals surface area contributed by atoms with E-state index < -0.39 is 0 Å². The maximum Gasteiger partial charge on any atom is 0.411 e. The zero-order chi connectivity index (χ0) is 24.3. The van der Waals surface area contributed by atoms with Crippen LogP contribution in [0.5, 0.6) is 0 Å². The molecule has 4 fully saturated rings. The molecule has 1 saturated carbocycles. The molecular weight excluding hydrogens is 450 g/mol. The molecule has 4 atom stereocenters. The summed E-state index contributed by atoms with van der Waals surface area (Å²) in [5.74, 6) is 2.29. The molecule has 5 heterocycles. The summed E-state index contributed by atoms with van der Waals surface area (Å²) in [4.78, 5) is 29.1. The molecule has 3 aromatic rings. The van der Waals surface area contributed by atoms with Crippen molar-refractivity contribution in [1.29, 1.82) is 0 Å². The number of hydrogen-bond donors (Lipinski definition) is 1. The molecule has 0 radical (unpaired) electrons. The van der Waals surface area contributed by atoms with Crippen molar-refractivity contribution in [2.45, 2.75) is 56.4 Å². The fourth-order valence-corrected chi connectivity index (χ4v) is 6.23. The predicted molar refractivity (Wildman–Crippen MR) is 139 cm³/mol. The van der Waals surface area contributed by atoms with Crippen LogP contribution in [-0.2, 0) is 4.74 Å². The number of para-hydroxylation sites is 1. The lowest BCUT2D eigenvalue weighted by Crippen LogP contribution is -2.54. The molecule has 3 aliphatic heterocycles. The van der Waals surface area contributed by atoms with Gasteiger partial charge in [0.1, 0.15) is 6.61 Å². The van der Waals surface area contributed by atoms with E-state index in [9.17, 15) is 4.79 Å². The fraction of sp³-hybridized carbons (Fsp3) is 0.448.